The summed E-state index contributed by atoms with van der Waals surface area (Å²) in [5.41, 5.74) is 1.32. The number of anilines is 2. The highest BCUT2D eigenvalue weighted by molar-refractivity contribution is 6.04. The van der Waals surface area contributed by atoms with Crippen LogP contribution >= 0.6 is 0 Å². The van der Waals surface area contributed by atoms with E-state index in [0.29, 0.717) is 34.2 Å². The zero-order valence-electron chi connectivity index (χ0n) is 17.8. The summed E-state index contributed by atoms with van der Waals surface area (Å²) in [5.74, 6) is -0.327. The van der Waals surface area contributed by atoms with Gasteiger partial charge < -0.3 is 29.2 Å². The monoisotopic (exact) mass is 428 g/mol. The number of hydrogen-bond acceptors (Lipinski definition) is 7. The molecule has 1 heterocycles. The predicted octanol–water partition coefficient (Wildman–Crippen LogP) is 2.49. The molecule has 0 bridgehead atoms. The van der Waals surface area contributed by atoms with E-state index in [1.54, 1.807) is 30.3 Å². The van der Waals surface area contributed by atoms with Crippen LogP contribution in [0.2, 0.25) is 0 Å². The molecule has 1 aliphatic rings. The molecule has 2 amide bonds. The Bertz CT molecular complexity index is 980. The molecule has 0 spiro atoms. The summed E-state index contributed by atoms with van der Waals surface area (Å²) >= 11 is 0. The average molecular weight is 428 g/mol. The maximum absolute atomic E-state index is 12.8. The fourth-order valence-electron chi connectivity index (χ4n) is 3.44. The van der Waals surface area contributed by atoms with Gasteiger partial charge in [0.05, 0.1) is 45.6 Å². The fourth-order valence-corrected chi connectivity index (χ4v) is 3.44. The van der Waals surface area contributed by atoms with Crippen LogP contribution in [0.1, 0.15) is 16.8 Å². The zero-order valence-corrected chi connectivity index (χ0v) is 17.8. The second kappa shape index (κ2) is 9.38. The molecule has 31 heavy (non-hydrogen) atoms. The Morgan fingerprint density at radius 3 is 2.26 bits per heavy atom. The minimum atomic E-state index is -0.562. The van der Waals surface area contributed by atoms with Gasteiger partial charge in [-0.25, -0.2) is 4.79 Å². The van der Waals surface area contributed by atoms with Crippen LogP contribution in [0.25, 0.3) is 0 Å². The van der Waals surface area contributed by atoms with Gasteiger partial charge in [-0.3, -0.25) is 9.59 Å². The molecule has 2 aromatic carbocycles. The van der Waals surface area contributed by atoms with Crippen molar-refractivity contribution in [2.45, 2.75) is 6.42 Å². The third kappa shape index (κ3) is 4.55. The van der Waals surface area contributed by atoms with E-state index in [1.165, 1.54) is 39.4 Å². The number of benzene rings is 2. The molecule has 1 aliphatic heterocycles. The van der Waals surface area contributed by atoms with E-state index >= 15 is 0 Å². The van der Waals surface area contributed by atoms with Crippen molar-refractivity contribution >= 4 is 29.2 Å². The van der Waals surface area contributed by atoms with E-state index in [9.17, 15) is 14.4 Å². The molecule has 1 unspecified atom stereocenters. The summed E-state index contributed by atoms with van der Waals surface area (Å²) in [6.07, 6.45) is 0.0547. The van der Waals surface area contributed by atoms with Crippen molar-refractivity contribution < 1.29 is 33.3 Å². The van der Waals surface area contributed by atoms with E-state index in [-0.39, 0.29) is 24.8 Å². The van der Waals surface area contributed by atoms with E-state index in [0.717, 1.165) is 0 Å². The van der Waals surface area contributed by atoms with Crippen LogP contribution < -0.4 is 24.4 Å². The van der Waals surface area contributed by atoms with Crippen molar-refractivity contribution in [2.24, 2.45) is 5.92 Å². The number of rotatable bonds is 7. The van der Waals surface area contributed by atoms with Gasteiger partial charge in [-0.05, 0) is 18.2 Å². The van der Waals surface area contributed by atoms with Crippen LogP contribution in [0, 0.1) is 5.92 Å². The molecule has 2 aromatic rings. The molecule has 1 N–H and O–H groups in total. The van der Waals surface area contributed by atoms with Crippen molar-refractivity contribution in [3.8, 4) is 17.2 Å². The number of hydrogen-bond donors (Lipinski definition) is 1. The zero-order chi connectivity index (χ0) is 22.5. The molecule has 1 saturated heterocycles. The molecule has 164 valence electrons. The fraction of sp³-hybridized carbons (Fsp3) is 0.318. The molecule has 9 heteroatoms. The van der Waals surface area contributed by atoms with Crippen LogP contribution in [0.5, 0.6) is 17.2 Å². The van der Waals surface area contributed by atoms with E-state index in [1.807, 2.05) is 0 Å². The number of amides is 2. The lowest BCUT2D eigenvalue weighted by atomic mass is 10.1. The Kier molecular flexibility index (Phi) is 6.64. The van der Waals surface area contributed by atoms with Crippen LogP contribution in [0.4, 0.5) is 11.4 Å². The van der Waals surface area contributed by atoms with E-state index in [2.05, 4.69) is 5.32 Å². The predicted molar refractivity (Wildman–Crippen MR) is 113 cm³/mol. The van der Waals surface area contributed by atoms with Crippen molar-refractivity contribution in [1.82, 2.24) is 0 Å². The van der Waals surface area contributed by atoms with Gasteiger partial charge in [0.15, 0.2) is 11.5 Å². The number of esters is 1. The third-order valence-electron chi connectivity index (χ3n) is 5.01. The van der Waals surface area contributed by atoms with Crippen molar-refractivity contribution in [1.29, 1.82) is 0 Å². The maximum Gasteiger partial charge on any atom is 0.337 e. The highest BCUT2D eigenvalue weighted by atomic mass is 16.5. The molecule has 0 saturated carbocycles. The number of nitrogens with one attached hydrogen (secondary N) is 1. The second-order valence-corrected chi connectivity index (χ2v) is 6.85. The SMILES string of the molecule is COC(=O)c1cccc(NC(=O)C2CC(=O)N(c3cc(OC)c(OC)c(OC)c3)C2)c1. The number of nitrogens with zero attached hydrogens (tertiary/aromatic N) is 1. The van der Waals surface area contributed by atoms with E-state index < -0.39 is 11.9 Å². The molecular formula is C22H24N2O7. The summed E-state index contributed by atoms with van der Waals surface area (Å²) in [4.78, 5) is 38.6. The largest absolute Gasteiger partial charge is 0.493 e. The van der Waals surface area contributed by atoms with Gasteiger partial charge in [0, 0.05) is 30.8 Å². The molecule has 0 aromatic heterocycles. The van der Waals surface area contributed by atoms with Gasteiger partial charge in [-0.15, -0.1) is 0 Å². The lowest BCUT2D eigenvalue weighted by molar-refractivity contribution is -0.122. The number of methoxy groups -OCH3 is 4. The van der Waals surface area contributed by atoms with Crippen LogP contribution in [0.3, 0.4) is 0 Å². The van der Waals surface area contributed by atoms with Crippen LogP contribution in [-0.4, -0.2) is 52.8 Å². The van der Waals surface area contributed by atoms with Crippen molar-refractivity contribution in [3.05, 3.63) is 42.0 Å². The minimum absolute atomic E-state index is 0.0547. The Morgan fingerprint density at radius 1 is 1.00 bits per heavy atom. The lowest BCUT2D eigenvalue weighted by Gasteiger charge is -2.20. The highest BCUT2D eigenvalue weighted by Gasteiger charge is 2.36. The summed E-state index contributed by atoms with van der Waals surface area (Å²) in [6, 6.07) is 9.75. The Hall–Kier alpha value is -3.75. The van der Waals surface area contributed by atoms with Gasteiger partial charge in [0.25, 0.3) is 0 Å². The smallest absolute Gasteiger partial charge is 0.337 e. The Morgan fingerprint density at radius 2 is 1.68 bits per heavy atom. The summed E-state index contributed by atoms with van der Waals surface area (Å²) in [7, 11) is 5.77. The molecule has 0 radical (unpaired) electrons. The quantitative estimate of drug-likeness (QED) is 0.676. The molecule has 0 aliphatic carbocycles. The summed E-state index contributed by atoms with van der Waals surface area (Å²) in [5, 5.41) is 2.76. The first kappa shape index (κ1) is 21.9. The van der Waals surface area contributed by atoms with Gasteiger partial charge >= 0.3 is 5.97 Å². The average Bonchev–Trinajstić information content (AvgIpc) is 3.19. The van der Waals surface area contributed by atoms with Gasteiger partial charge in [0.2, 0.25) is 17.6 Å². The molecular weight excluding hydrogens is 404 g/mol. The number of carbonyl (C=O) groups is 3. The highest BCUT2D eigenvalue weighted by Crippen LogP contribution is 2.42. The van der Waals surface area contributed by atoms with Crippen LogP contribution in [-0.2, 0) is 14.3 Å². The normalized spacial score (nSPS) is 15.4. The molecule has 3 rings (SSSR count). The Labute approximate surface area is 179 Å². The second-order valence-electron chi connectivity index (χ2n) is 6.85. The first-order valence-corrected chi connectivity index (χ1v) is 9.51. The lowest BCUT2D eigenvalue weighted by Crippen LogP contribution is -2.28. The topological polar surface area (TPSA) is 103 Å². The van der Waals surface area contributed by atoms with Gasteiger partial charge in [-0.2, -0.15) is 0 Å². The van der Waals surface area contributed by atoms with E-state index in [4.69, 9.17) is 18.9 Å². The van der Waals surface area contributed by atoms with Crippen molar-refractivity contribution in [2.75, 3.05) is 45.2 Å². The first-order valence-electron chi connectivity index (χ1n) is 9.51. The van der Waals surface area contributed by atoms with Gasteiger partial charge in [-0.1, -0.05) is 6.07 Å². The molecule has 1 fully saturated rings. The summed E-state index contributed by atoms with van der Waals surface area (Å²) in [6.45, 7) is 0.194. The van der Waals surface area contributed by atoms with Crippen LogP contribution in [0.15, 0.2) is 36.4 Å². The third-order valence-corrected chi connectivity index (χ3v) is 5.01. The summed E-state index contributed by atoms with van der Waals surface area (Å²) < 4.78 is 20.7. The number of ether oxygens (including phenoxy) is 4. The van der Waals surface area contributed by atoms with Crippen molar-refractivity contribution in [3.63, 3.8) is 0 Å². The maximum atomic E-state index is 12.8. The minimum Gasteiger partial charge on any atom is -0.493 e. The van der Waals surface area contributed by atoms with Gasteiger partial charge in [0.1, 0.15) is 0 Å². The first-order chi connectivity index (χ1) is 14.9. The molecule has 1 atom stereocenters. The number of carbonyl (C=O) groups excluding carboxylic acids is 3. The standard InChI is InChI=1S/C22H24N2O7/c1-28-17-10-16(11-18(29-2)20(17)30-3)24-12-14(9-19(24)25)21(26)23-15-7-5-6-13(8-15)22(27)31-4/h5-8,10-11,14H,9,12H2,1-4H3,(H,23,26). The molecule has 9 nitrogen and oxygen atoms in total. The Balaban J connectivity index is 1.77.